The zero-order valence-corrected chi connectivity index (χ0v) is 16.1. The number of piperidine rings is 1. The van der Waals surface area contributed by atoms with Crippen LogP contribution in [-0.4, -0.2) is 33.0 Å². The van der Waals surface area contributed by atoms with Crippen molar-refractivity contribution in [2.24, 2.45) is 5.92 Å². The fraction of sp³-hybridized carbons (Fsp3) is 0.444. The predicted molar refractivity (Wildman–Crippen MR) is 98.6 cm³/mol. The zero-order chi connectivity index (χ0) is 18.7. The first-order chi connectivity index (χ1) is 12.4. The van der Waals surface area contributed by atoms with Crippen LogP contribution in [0.4, 0.5) is 8.78 Å². The summed E-state index contributed by atoms with van der Waals surface area (Å²) in [6.07, 6.45) is 2.14. The van der Waals surface area contributed by atoms with Crippen LogP contribution in [0.1, 0.15) is 30.7 Å². The smallest absolute Gasteiger partial charge is 0.243 e. The molecule has 1 atom stereocenters. The highest BCUT2D eigenvalue weighted by molar-refractivity contribution is 7.89. The molecule has 1 aromatic heterocycles. The molecule has 0 amide bonds. The van der Waals surface area contributed by atoms with Gasteiger partial charge in [0.05, 0.1) is 6.04 Å². The summed E-state index contributed by atoms with van der Waals surface area (Å²) in [7, 11) is -4.06. The van der Waals surface area contributed by atoms with Gasteiger partial charge in [0, 0.05) is 17.5 Å². The summed E-state index contributed by atoms with van der Waals surface area (Å²) in [4.78, 5) is 2.81. The first-order valence-corrected chi connectivity index (χ1v) is 11.0. The van der Waals surface area contributed by atoms with Gasteiger partial charge in [0.1, 0.15) is 16.5 Å². The van der Waals surface area contributed by atoms with E-state index in [4.69, 9.17) is 0 Å². The van der Waals surface area contributed by atoms with E-state index in [9.17, 15) is 17.2 Å². The lowest BCUT2D eigenvalue weighted by Gasteiger charge is -2.36. The summed E-state index contributed by atoms with van der Waals surface area (Å²) in [5.74, 6) is -1.22. The summed E-state index contributed by atoms with van der Waals surface area (Å²) in [5.41, 5.74) is 0. The fourth-order valence-electron chi connectivity index (χ4n) is 3.19. The van der Waals surface area contributed by atoms with Crippen molar-refractivity contribution < 1.29 is 17.2 Å². The molecule has 8 heteroatoms. The van der Waals surface area contributed by atoms with Crippen molar-refractivity contribution in [2.45, 2.75) is 30.7 Å². The van der Waals surface area contributed by atoms with Gasteiger partial charge in [0.15, 0.2) is 0 Å². The van der Waals surface area contributed by atoms with Crippen LogP contribution in [0.3, 0.4) is 0 Å². The predicted octanol–water partition coefficient (Wildman–Crippen LogP) is 3.78. The number of likely N-dealkylation sites (tertiary alicyclic amines) is 1. The Morgan fingerprint density at radius 1 is 1.27 bits per heavy atom. The molecule has 1 saturated heterocycles. The highest BCUT2D eigenvalue weighted by atomic mass is 32.2. The van der Waals surface area contributed by atoms with Crippen molar-refractivity contribution in [2.75, 3.05) is 19.6 Å². The van der Waals surface area contributed by atoms with E-state index in [1.54, 1.807) is 11.3 Å². The molecule has 0 bridgehead atoms. The van der Waals surface area contributed by atoms with E-state index in [1.807, 2.05) is 17.5 Å². The van der Waals surface area contributed by atoms with Gasteiger partial charge in [-0.05, 0) is 55.4 Å². The van der Waals surface area contributed by atoms with Gasteiger partial charge < -0.3 is 0 Å². The number of rotatable bonds is 6. The molecule has 0 spiro atoms. The molecule has 0 aliphatic carbocycles. The molecule has 1 aliphatic heterocycles. The normalized spacial score (nSPS) is 18.1. The van der Waals surface area contributed by atoms with Gasteiger partial charge in [-0.3, -0.25) is 4.90 Å². The monoisotopic (exact) mass is 400 g/mol. The van der Waals surface area contributed by atoms with Crippen molar-refractivity contribution in [3.05, 3.63) is 52.2 Å². The number of thiophene rings is 1. The topological polar surface area (TPSA) is 49.4 Å². The Morgan fingerprint density at radius 2 is 2.00 bits per heavy atom. The lowest BCUT2D eigenvalue weighted by Crippen LogP contribution is -2.41. The van der Waals surface area contributed by atoms with Crippen LogP contribution in [0.25, 0.3) is 0 Å². The third-order valence-corrected chi connectivity index (χ3v) is 7.21. The molecule has 2 aromatic rings. The van der Waals surface area contributed by atoms with Crippen LogP contribution in [-0.2, 0) is 10.0 Å². The lowest BCUT2D eigenvalue weighted by atomic mass is 9.97. The van der Waals surface area contributed by atoms with E-state index in [0.29, 0.717) is 12.0 Å². The van der Waals surface area contributed by atoms with E-state index in [1.165, 1.54) is 0 Å². The van der Waals surface area contributed by atoms with E-state index < -0.39 is 26.6 Å². The van der Waals surface area contributed by atoms with E-state index in [2.05, 4.69) is 16.5 Å². The molecule has 1 aliphatic rings. The maximum absolute atomic E-state index is 13.9. The molecule has 0 saturated carbocycles. The summed E-state index contributed by atoms with van der Waals surface area (Å²) in [6, 6.07) is 6.31. The van der Waals surface area contributed by atoms with Gasteiger partial charge in [-0.2, -0.15) is 0 Å². The Hall–Kier alpha value is -1.35. The van der Waals surface area contributed by atoms with E-state index >= 15 is 0 Å². The third-order valence-electron chi connectivity index (χ3n) is 4.78. The molecule has 142 valence electrons. The van der Waals surface area contributed by atoms with Gasteiger partial charge in [0.2, 0.25) is 10.0 Å². The molecule has 3 rings (SSSR count). The molecular weight excluding hydrogens is 378 g/mol. The fourth-order valence-corrected chi connectivity index (χ4v) is 5.15. The van der Waals surface area contributed by atoms with Gasteiger partial charge in [-0.25, -0.2) is 21.9 Å². The van der Waals surface area contributed by atoms with Crippen LogP contribution < -0.4 is 4.72 Å². The molecule has 0 unspecified atom stereocenters. The van der Waals surface area contributed by atoms with Gasteiger partial charge in [-0.1, -0.05) is 13.0 Å². The molecule has 1 aromatic carbocycles. The van der Waals surface area contributed by atoms with Crippen LogP contribution in [0.2, 0.25) is 0 Å². The van der Waals surface area contributed by atoms with Crippen molar-refractivity contribution in [3.8, 4) is 0 Å². The van der Waals surface area contributed by atoms with Crippen molar-refractivity contribution in [1.82, 2.24) is 9.62 Å². The van der Waals surface area contributed by atoms with Gasteiger partial charge in [0.25, 0.3) is 0 Å². The average Bonchev–Trinajstić information content (AvgIpc) is 3.10. The number of nitrogens with one attached hydrogen (secondary N) is 1. The van der Waals surface area contributed by atoms with Gasteiger partial charge >= 0.3 is 0 Å². The lowest BCUT2D eigenvalue weighted by molar-refractivity contribution is 0.141. The third kappa shape index (κ3) is 4.49. The second-order valence-electron chi connectivity index (χ2n) is 6.68. The second-order valence-corrected chi connectivity index (χ2v) is 9.39. The molecule has 2 heterocycles. The summed E-state index contributed by atoms with van der Waals surface area (Å²) >= 11 is 1.58. The molecule has 26 heavy (non-hydrogen) atoms. The average molecular weight is 401 g/mol. The van der Waals surface area contributed by atoms with E-state index in [-0.39, 0.29) is 12.6 Å². The number of nitrogens with zero attached hydrogens (tertiary/aromatic N) is 1. The quantitative estimate of drug-likeness (QED) is 0.803. The standard InChI is InChI=1S/C18H22F2N2O2S2/c1-13-6-8-22(9-7-13)16(17-3-2-10-25-17)12-21-26(23,24)18-5-4-14(19)11-15(18)20/h2-5,10-11,13,16,21H,6-9,12H2,1H3/t16-/m0/s1. The van der Waals surface area contributed by atoms with Crippen molar-refractivity contribution in [1.29, 1.82) is 0 Å². The number of sulfonamides is 1. The van der Waals surface area contributed by atoms with Crippen LogP contribution in [0, 0.1) is 17.6 Å². The maximum atomic E-state index is 13.9. The molecular formula is C18H22F2N2O2S2. The van der Waals surface area contributed by atoms with Crippen molar-refractivity contribution in [3.63, 3.8) is 0 Å². The van der Waals surface area contributed by atoms with E-state index in [0.717, 1.165) is 42.9 Å². The van der Waals surface area contributed by atoms with Crippen LogP contribution >= 0.6 is 11.3 Å². The highest BCUT2D eigenvalue weighted by Gasteiger charge is 2.28. The minimum atomic E-state index is -4.06. The molecule has 0 radical (unpaired) electrons. The van der Waals surface area contributed by atoms with Crippen LogP contribution in [0.15, 0.2) is 40.6 Å². The zero-order valence-electron chi connectivity index (χ0n) is 14.5. The summed E-state index contributed by atoms with van der Waals surface area (Å²) < 4.78 is 54.4. The Balaban J connectivity index is 1.77. The number of benzene rings is 1. The Labute approximate surface area is 156 Å². The van der Waals surface area contributed by atoms with Gasteiger partial charge in [-0.15, -0.1) is 11.3 Å². The SMILES string of the molecule is CC1CCN([C@@H](CNS(=O)(=O)c2ccc(F)cc2F)c2cccs2)CC1. The van der Waals surface area contributed by atoms with Crippen molar-refractivity contribution >= 4 is 21.4 Å². The van der Waals surface area contributed by atoms with Crippen LogP contribution in [0.5, 0.6) is 0 Å². The molecule has 1 fully saturated rings. The highest BCUT2D eigenvalue weighted by Crippen LogP contribution is 2.29. The summed E-state index contributed by atoms with van der Waals surface area (Å²) in [6.45, 7) is 4.16. The maximum Gasteiger partial charge on any atom is 0.243 e. The first-order valence-electron chi connectivity index (χ1n) is 8.59. The number of hydrogen-bond acceptors (Lipinski definition) is 4. The number of halogens is 2. The largest absolute Gasteiger partial charge is 0.294 e. The summed E-state index contributed by atoms with van der Waals surface area (Å²) in [5, 5.41) is 1.96. The Kier molecular flexibility index (Phi) is 6.06. The first kappa shape index (κ1) is 19.4. The molecule has 1 N–H and O–H groups in total. The molecule has 4 nitrogen and oxygen atoms in total. The minimum Gasteiger partial charge on any atom is -0.294 e. The second kappa shape index (κ2) is 8.12. The number of hydrogen-bond donors (Lipinski definition) is 1. The Morgan fingerprint density at radius 3 is 2.62 bits per heavy atom. The Bertz CT molecular complexity index is 833. The minimum absolute atomic E-state index is 0.0965.